The Balaban J connectivity index is 0.000000278. The largest absolute Gasteiger partial charge is 0.313 e. The molecule has 1 fully saturated rings. The number of allylic oxidation sites excluding steroid dienone is 5. The topological polar surface area (TPSA) is 58.2 Å². The van der Waals surface area contributed by atoms with E-state index < -0.39 is 21.7 Å². The minimum Gasteiger partial charge on any atom is -0.313 e. The fraction of sp³-hybridized carbons (Fsp3) is 0.471. The van der Waals surface area contributed by atoms with E-state index in [9.17, 15) is 17.2 Å². The lowest BCUT2D eigenvalue weighted by atomic mass is 9.75. The minimum atomic E-state index is -3.26. The van der Waals surface area contributed by atoms with E-state index in [1.54, 1.807) is 18.2 Å². The highest BCUT2D eigenvalue weighted by Crippen LogP contribution is 2.36. The summed E-state index contributed by atoms with van der Waals surface area (Å²) in [5, 5.41) is 3.82. The van der Waals surface area contributed by atoms with Gasteiger partial charge in [0.1, 0.15) is 0 Å². The summed E-state index contributed by atoms with van der Waals surface area (Å²) >= 11 is 0. The Bertz CT molecular complexity index is 1280. The molecule has 3 aliphatic rings. The molecule has 0 spiro atoms. The maximum absolute atomic E-state index is 14.0. The fourth-order valence-corrected chi connectivity index (χ4v) is 6.65. The highest BCUT2D eigenvalue weighted by molar-refractivity contribution is 7.93. The Kier molecular flexibility index (Phi) is 13.4. The molecular weight excluding hydrogens is 538 g/mol. The van der Waals surface area contributed by atoms with Crippen molar-refractivity contribution in [3.05, 3.63) is 106 Å². The first-order valence-electron chi connectivity index (χ1n) is 15.1. The molecule has 0 bridgehead atoms. The molecule has 224 valence electrons. The van der Waals surface area contributed by atoms with E-state index in [4.69, 9.17) is 0 Å². The molecule has 2 aromatic rings. The number of benzene rings is 2. The minimum absolute atomic E-state index is 0.190. The molecule has 2 unspecified atom stereocenters. The van der Waals surface area contributed by atoms with Crippen LogP contribution in [0.15, 0.2) is 77.7 Å². The molecule has 0 heterocycles. The summed E-state index contributed by atoms with van der Waals surface area (Å²) in [4.78, 5) is 0.329. The van der Waals surface area contributed by atoms with Gasteiger partial charge in [-0.3, -0.25) is 0 Å². The van der Waals surface area contributed by atoms with Gasteiger partial charge in [0.05, 0.1) is 4.91 Å². The van der Waals surface area contributed by atoms with Gasteiger partial charge in [-0.15, -0.1) is 0 Å². The van der Waals surface area contributed by atoms with Crippen LogP contribution in [-0.4, -0.2) is 28.1 Å². The molecule has 2 atom stereocenters. The molecule has 2 aromatic carbocycles. The first-order valence-corrected chi connectivity index (χ1v) is 16.6. The lowest BCUT2D eigenvalue weighted by Gasteiger charge is -2.36. The smallest absolute Gasteiger partial charge is 0.239 e. The normalized spacial score (nSPS) is 20.5. The predicted molar refractivity (Wildman–Crippen MR) is 166 cm³/mol. The third-order valence-corrected chi connectivity index (χ3v) is 9.49. The van der Waals surface area contributed by atoms with Crippen LogP contribution in [0.3, 0.4) is 0 Å². The summed E-state index contributed by atoms with van der Waals surface area (Å²) in [7, 11) is -1.86. The van der Waals surface area contributed by atoms with Gasteiger partial charge in [0.2, 0.25) is 10.0 Å². The van der Waals surface area contributed by atoms with Crippen LogP contribution in [0.2, 0.25) is 0 Å². The number of sulfonamides is 1. The van der Waals surface area contributed by atoms with Crippen LogP contribution in [0.25, 0.3) is 0 Å². The highest BCUT2D eigenvalue weighted by atomic mass is 32.2. The quantitative estimate of drug-likeness (QED) is 0.350. The van der Waals surface area contributed by atoms with Gasteiger partial charge in [-0.25, -0.2) is 21.9 Å². The summed E-state index contributed by atoms with van der Waals surface area (Å²) in [6, 6.07) is 13.6. The Morgan fingerprint density at radius 2 is 1.63 bits per heavy atom. The number of rotatable bonds is 7. The Labute approximate surface area is 246 Å². The van der Waals surface area contributed by atoms with Crippen LogP contribution in [0.1, 0.15) is 81.4 Å². The average molecular weight is 585 g/mol. The molecule has 1 saturated carbocycles. The number of hydrogen-bond acceptors (Lipinski definition) is 3. The second kappa shape index (κ2) is 16.7. The zero-order chi connectivity index (χ0) is 29.7. The number of halogens is 2. The van der Waals surface area contributed by atoms with E-state index in [0.717, 1.165) is 42.9 Å². The Morgan fingerprint density at radius 1 is 0.927 bits per heavy atom. The van der Waals surface area contributed by atoms with E-state index in [-0.39, 0.29) is 5.92 Å². The Hall–Kier alpha value is -2.61. The summed E-state index contributed by atoms with van der Waals surface area (Å²) < 4.78 is 52.5. The molecule has 5 rings (SSSR count). The average Bonchev–Trinajstić information content (AvgIpc) is 3.31. The van der Waals surface area contributed by atoms with E-state index in [0.29, 0.717) is 17.4 Å². The lowest BCUT2D eigenvalue weighted by Crippen LogP contribution is -2.42. The summed E-state index contributed by atoms with van der Waals surface area (Å²) in [5.41, 5.74) is 3.22. The molecule has 0 radical (unpaired) electrons. The van der Waals surface area contributed by atoms with E-state index in [2.05, 4.69) is 34.3 Å². The molecule has 2 N–H and O–H groups in total. The van der Waals surface area contributed by atoms with Crippen LogP contribution >= 0.6 is 0 Å². The number of aryl methyl sites for hydroxylation is 1. The molecule has 0 amide bonds. The van der Waals surface area contributed by atoms with Crippen LogP contribution in [-0.2, 0) is 22.9 Å². The molecule has 41 heavy (non-hydrogen) atoms. The predicted octanol–water partition coefficient (Wildman–Crippen LogP) is 7.74. The van der Waals surface area contributed by atoms with Gasteiger partial charge >= 0.3 is 0 Å². The number of hydrogen-bond donors (Lipinski definition) is 2. The van der Waals surface area contributed by atoms with Crippen molar-refractivity contribution in [2.75, 3.05) is 13.6 Å². The van der Waals surface area contributed by atoms with Gasteiger partial charge in [-0.05, 0) is 92.9 Å². The SMILES string of the molecule is CC.CNS(=O)(=O)C1=CCC=CC=C1.Fc1cc2c(cc1F)C(Cc1ccccc1)C(NCC1CCCCC1)CC2. The van der Waals surface area contributed by atoms with E-state index in [1.807, 2.05) is 32.1 Å². The highest BCUT2D eigenvalue weighted by Gasteiger charge is 2.31. The molecule has 3 aliphatic carbocycles. The summed E-state index contributed by atoms with van der Waals surface area (Å²) in [6.07, 6.45) is 18.7. The van der Waals surface area contributed by atoms with Crippen molar-refractivity contribution in [1.29, 1.82) is 0 Å². The number of nitrogens with one attached hydrogen (secondary N) is 2. The third kappa shape index (κ3) is 9.73. The monoisotopic (exact) mass is 584 g/mol. The van der Waals surface area contributed by atoms with Crippen molar-refractivity contribution >= 4 is 10.0 Å². The van der Waals surface area contributed by atoms with Crippen molar-refractivity contribution in [2.45, 2.75) is 83.6 Å². The van der Waals surface area contributed by atoms with Crippen LogP contribution in [0.5, 0.6) is 0 Å². The van der Waals surface area contributed by atoms with Crippen molar-refractivity contribution in [3.8, 4) is 0 Å². The van der Waals surface area contributed by atoms with Crippen LogP contribution < -0.4 is 10.0 Å². The zero-order valence-corrected chi connectivity index (χ0v) is 25.5. The molecule has 0 aromatic heterocycles. The fourth-order valence-electron chi connectivity index (χ4n) is 5.84. The van der Waals surface area contributed by atoms with Gasteiger partial charge in [0.25, 0.3) is 0 Å². The van der Waals surface area contributed by atoms with E-state index in [1.165, 1.54) is 56.8 Å². The van der Waals surface area contributed by atoms with Gasteiger partial charge in [-0.1, -0.05) is 87.7 Å². The Morgan fingerprint density at radius 3 is 2.34 bits per heavy atom. The van der Waals surface area contributed by atoms with Crippen molar-refractivity contribution in [2.24, 2.45) is 5.92 Å². The molecular formula is C34H46F2N2O2S. The van der Waals surface area contributed by atoms with Gasteiger partial charge in [0.15, 0.2) is 11.6 Å². The molecule has 0 aliphatic heterocycles. The second-order valence-corrected chi connectivity index (χ2v) is 12.5. The molecule has 4 nitrogen and oxygen atoms in total. The standard InChI is InChI=1S/C24H29F2N.C8H11NO2S.C2H6/c25-22-14-19-11-12-24(27-16-18-9-5-2-6-10-18)21(20(19)15-23(22)26)13-17-7-3-1-4-8-17;1-9-12(10,11)8-6-4-2-3-5-7-8;1-2/h1,3-4,7-8,14-15,18,21,24,27H,2,5-6,9-13,16H2;2-4,6-7,9H,5H2,1H3;1-2H3. The van der Waals surface area contributed by atoms with Crippen LogP contribution in [0, 0.1) is 17.6 Å². The first-order chi connectivity index (χ1) is 19.9. The maximum Gasteiger partial charge on any atom is 0.239 e. The van der Waals surface area contributed by atoms with Gasteiger partial charge < -0.3 is 5.32 Å². The molecule has 7 heteroatoms. The maximum atomic E-state index is 14.0. The molecule has 0 saturated heterocycles. The summed E-state index contributed by atoms with van der Waals surface area (Å²) in [6.45, 7) is 5.05. The van der Waals surface area contributed by atoms with Crippen molar-refractivity contribution < 1.29 is 17.2 Å². The zero-order valence-electron chi connectivity index (χ0n) is 24.7. The first kappa shape index (κ1) is 32.9. The summed E-state index contributed by atoms with van der Waals surface area (Å²) in [5.74, 6) is -0.488. The lowest BCUT2D eigenvalue weighted by molar-refractivity contribution is 0.300. The van der Waals surface area contributed by atoms with Gasteiger partial charge in [0, 0.05) is 12.0 Å². The second-order valence-electron chi connectivity index (χ2n) is 10.7. The number of fused-ring (bicyclic) bond motifs is 1. The van der Waals surface area contributed by atoms with Crippen LogP contribution in [0.4, 0.5) is 8.78 Å². The van der Waals surface area contributed by atoms with Crippen molar-refractivity contribution in [3.63, 3.8) is 0 Å². The van der Waals surface area contributed by atoms with E-state index >= 15 is 0 Å². The third-order valence-electron chi connectivity index (χ3n) is 8.03. The van der Waals surface area contributed by atoms with Crippen molar-refractivity contribution in [1.82, 2.24) is 10.0 Å². The van der Waals surface area contributed by atoms with Gasteiger partial charge in [-0.2, -0.15) is 0 Å².